The standard InChI is InChI=1S/C9H10BrFN2O4S/c10-7-2-1-6(5-8(7)11)18(15,16)13-3-4-17-9(12)14/h1-2,5,13H,3-4H2,(H2,12,14). The Labute approximate surface area is 111 Å². The Morgan fingerprint density at radius 2 is 2.17 bits per heavy atom. The van der Waals surface area contributed by atoms with Crippen LogP contribution in [-0.4, -0.2) is 27.7 Å². The van der Waals surface area contributed by atoms with Crippen molar-refractivity contribution >= 4 is 32.0 Å². The highest BCUT2D eigenvalue weighted by Gasteiger charge is 2.15. The number of rotatable bonds is 5. The van der Waals surface area contributed by atoms with Gasteiger partial charge in [-0.25, -0.2) is 22.3 Å². The van der Waals surface area contributed by atoms with Crippen LogP contribution in [0.5, 0.6) is 0 Å². The predicted molar refractivity (Wildman–Crippen MR) is 64.8 cm³/mol. The molecule has 6 nitrogen and oxygen atoms in total. The molecule has 0 heterocycles. The molecule has 1 amide bonds. The minimum Gasteiger partial charge on any atom is -0.448 e. The lowest BCUT2D eigenvalue weighted by Gasteiger charge is -2.07. The molecule has 1 aromatic carbocycles. The van der Waals surface area contributed by atoms with Crippen LogP contribution in [0.1, 0.15) is 0 Å². The molecule has 3 N–H and O–H groups in total. The highest BCUT2D eigenvalue weighted by Crippen LogP contribution is 2.19. The Bertz CT molecular complexity index is 549. The largest absolute Gasteiger partial charge is 0.448 e. The molecule has 0 aliphatic carbocycles. The van der Waals surface area contributed by atoms with Gasteiger partial charge in [-0.15, -0.1) is 0 Å². The molecule has 0 aliphatic rings. The van der Waals surface area contributed by atoms with Crippen LogP contribution in [0.25, 0.3) is 0 Å². The Hall–Kier alpha value is -1.19. The minimum absolute atomic E-state index is 0.150. The van der Waals surface area contributed by atoms with Crippen molar-refractivity contribution in [3.8, 4) is 0 Å². The van der Waals surface area contributed by atoms with Gasteiger partial charge in [-0.05, 0) is 34.1 Å². The Morgan fingerprint density at radius 1 is 1.50 bits per heavy atom. The van der Waals surface area contributed by atoms with Gasteiger partial charge >= 0.3 is 6.09 Å². The molecule has 0 atom stereocenters. The van der Waals surface area contributed by atoms with Crippen molar-refractivity contribution in [2.75, 3.05) is 13.2 Å². The average Bonchev–Trinajstić information content (AvgIpc) is 2.28. The van der Waals surface area contributed by atoms with Crippen molar-refractivity contribution in [1.82, 2.24) is 4.72 Å². The molecule has 0 fully saturated rings. The molecule has 0 aromatic heterocycles. The maximum Gasteiger partial charge on any atom is 0.404 e. The highest BCUT2D eigenvalue weighted by atomic mass is 79.9. The van der Waals surface area contributed by atoms with Crippen LogP contribution in [0.3, 0.4) is 0 Å². The van der Waals surface area contributed by atoms with Crippen molar-refractivity contribution in [2.24, 2.45) is 5.73 Å². The number of halogens is 2. The quantitative estimate of drug-likeness (QED) is 0.780. The minimum atomic E-state index is -3.84. The summed E-state index contributed by atoms with van der Waals surface area (Å²) in [6.07, 6.45) is -0.996. The third-order valence-corrected chi connectivity index (χ3v) is 3.94. The fraction of sp³-hybridized carbons (Fsp3) is 0.222. The van der Waals surface area contributed by atoms with Crippen molar-refractivity contribution in [3.05, 3.63) is 28.5 Å². The predicted octanol–water partition coefficient (Wildman–Crippen LogP) is 0.962. The molecule has 0 bridgehead atoms. The van der Waals surface area contributed by atoms with Crippen LogP contribution in [0, 0.1) is 5.82 Å². The van der Waals surface area contributed by atoms with Gasteiger partial charge in [0.2, 0.25) is 10.0 Å². The third kappa shape index (κ3) is 4.24. The zero-order valence-electron chi connectivity index (χ0n) is 9.02. The second kappa shape index (κ2) is 6.12. The van der Waals surface area contributed by atoms with Gasteiger partial charge in [-0.2, -0.15) is 0 Å². The maximum absolute atomic E-state index is 13.2. The van der Waals surface area contributed by atoms with E-state index in [1.54, 1.807) is 0 Å². The van der Waals surface area contributed by atoms with E-state index in [1.165, 1.54) is 12.1 Å². The first-order valence-electron chi connectivity index (χ1n) is 4.70. The summed E-state index contributed by atoms with van der Waals surface area (Å²) in [6.45, 7) is -0.351. The smallest absolute Gasteiger partial charge is 0.404 e. The number of hydrogen-bond donors (Lipinski definition) is 2. The van der Waals surface area contributed by atoms with Crippen LogP contribution in [0.4, 0.5) is 9.18 Å². The molecule has 0 radical (unpaired) electrons. The van der Waals surface area contributed by atoms with Crippen LogP contribution in [0.2, 0.25) is 0 Å². The van der Waals surface area contributed by atoms with E-state index < -0.39 is 21.9 Å². The normalized spacial score (nSPS) is 11.2. The summed E-state index contributed by atoms with van der Waals surface area (Å²) in [5.41, 5.74) is 4.70. The lowest BCUT2D eigenvalue weighted by atomic mass is 10.3. The zero-order valence-corrected chi connectivity index (χ0v) is 11.4. The van der Waals surface area contributed by atoms with Gasteiger partial charge in [-0.1, -0.05) is 0 Å². The molecule has 0 aliphatic heterocycles. The first-order chi connectivity index (χ1) is 8.33. The van der Waals surface area contributed by atoms with E-state index in [9.17, 15) is 17.6 Å². The number of sulfonamides is 1. The molecular formula is C9H10BrFN2O4S. The van der Waals surface area contributed by atoms with E-state index in [0.29, 0.717) is 0 Å². The Kier molecular flexibility index (Phi) is 5.05. The highest BCUT2D eigenvalue weighted by molar-refractivity contribution is 9.10. The summed E-state index contributed by atoms with van der Waals surface area (Å²) in [7, 11) is -3.84. The number of carbonyl (C=O) groups is 1. The second-order valence-corrected chi connectivity index (χ2v) is 5.76. The topological polar surface area (TPSA) is 98.5 Å². The lowest BCUT2D eigenvalue weighted by Crippen LogP contribution is -2.29. The fourth-order valence-electron chi connectivity index (χ4n) is 1.06. The molecule has 1 rings (SSSR count). The van der Waals surface area contributed by atoms with E-state index in [2.05, 4.69) is 25.4 Å². The van der Waals surface area contributed by atoms with Gasteiger partial charge in [0.1, 0.15) is 12.4 Å². The summed E-state index contributed by atoms with van der Waals surface area (Å²) < 4.78 is 43.2. The van der Waals surface area contributed by atoms with Crippen LogP contribution in [-0.2, 0) is 14.8 Å². The number of amides is 1. The number of nitrogens with two attached hydrogens (primary N) is 1. The van der Waals surface area contributed by atoms with Crippen molar-refractivity contribution < 1.29 is 22.3 Å². The molecule has 18 heavy (non-hydrogen) atoms. The summed E-state index contributed by atoms with van der Waals surface area (Å²) >= 11 is 2.91. The van der Waals surface area contributed by atoms with E-state index in [0.717, 1.165) is 6.07 Å². The Morgan fingerprint density at radius 3 is 2.72 bits per heavy atom. The van der Waals surface area contributed by atoms with Crippen molar-refractivity contribution in [1.29, 1.82) is 0 Å². The van der Waals surface area contributed by atoms with Crippen molar-refractivity contribution in [3.63, 3.8) is 0 Å². The van der Waals surface area contributed by atoms with Crippen LogP contribution >= 0.6 is 15.9 Å². The van der Waals surface area contributed by atoms with E-state index >= 15 is 0 Å². The Balaban J connectivity index is 2.68. The first kappa shape index (κ1) is 14.9. The van der Waals surface area contributed by atoms with E-state index in [-0.39, 0.29) is 22.5 Å². The number of carbonyl (C=O) groups excluding carboxylic acids is 1. The summed E-state index contributed by atoms with van der Waals surface area (Å²) in [4.78, 5) is 10.0. The molecule has 0 spiro atoms. The molecule has 0 unspecified atom stereocenters. The summed E-state index contributed by atoms with van der Waals surface area (Å²) in [5, 5.41) is 0. The monoisotopic (exact) mass is 340 g/mol. The maximum atomic E-state index is 13.2. The van der Waals surface area contributed by atoms with Crippen LogP contribution in [0.15, 0.2) is 27.6 Å². The second-order valence-electron chi connectivity index (χ2n) is 3.14. The van der Waals surface area contributed by atoms with Gasteiger partial charge in [-0.3, -0.25) is 0 Å². The SMILES string of the molecule is NC(=O)OCCNS(=O)(=O)c1ccc(Br)c(F)c1. The fourth-order valence-corrected chi connectivity index (χ4v) is 2.33. The van der Waals surface area contributed by atoms with Crippen LogP contribution < -0.4 is 10.5 Å². The lowest BCUT2D eigenvalue weighted by molar-refractivity contribution is 0.159. The van der Waals surface area contributed by atoms with Gasteiger partial charge < -0.3 is 10.5 Å². The van der Waals surface area contributed by atoms with Gasteiger partial charge in [0, 0.05) is 6.54 Å². The van der Waals surface area contributed by atoms with Crippen molar-refractivity contribution in [2.45, 2.75) is 4.90 Å². The molecular weight excluding hydrogens is 331 g/mol. The first-order valence-corrected chi connectivity index (χ1v) is 6.97. The molecule has 0 saturated heterocycles. The van der Waals surface area contributed by atoms with Gasteiger partial charge in [0.15, 0.2) is 0 Å². The number of hydrogen-bond acceptors (Lipinski definition) is 4. The van der Waals surface area contributed by atoms with Gasteiger partial charge in [0.25, 0.3) is 0 Å². The molecule has 9 heteroatoms. The van der Waals surface area contributed by atoms with Gasteiger partial charge in [0.05, 0.1) is 9.37 Å². The number of primary amides is 1. The molecule has 100 valence electrons. The summed E-state index contributed by atoms with van der Waals surface area (Å²) in [5.74, 6) is -0.689. The summed E-state index contributed by atoms with van der Waals surface area (Å²) in [6, 6.07) is 3.40. The molecule has 1 aromatic rings. The average molecular weight is 341 g/mol. The number of ether oxygens (including phenoxy) is 1. The molecule has 0 saturated carbocycles. The number of benzene rings is 1. The van der Waals surface area contributed by atoms with E-state index in [4.69, 9.17) is 5.73 Å². The number of nitrogens with one attached hydrogen (secondary N) is 1. The zero-order chi connectivity index (χ0) is 13.8. The third-order valence-electron chi connectivity index (χ3n) is 1.84. The van der Waals surface area contributed by atoms with E-state index in [1.807, 2.05) is 0 Å².